The SMILES string of the molecule is CCNC(=O)[C@@H](CC)N(Cc1ccccc1Cl)C(=O)CSCc1c(Cl)cccc1Cl. The van der Waals surface area contributed by atoms with Gasteiger partial charge >= 0.3 is 0 Å². The fraction of sp³-hybridized carbons (Fsp3) is 0.364. The van der Waals surface area contributed by atoms with Crippen LogP contribution in [0.25, 0.3) is 0 Å². The second-order valence-corrected chi connectivity index (χ2v) is 8.83. The van der Waals surface area contributed by atoms with Gasteiger partial charge in [0.25, 0.3) is 0 Å². The molecule has 0 aliphatic heterocycles. The molecule has 0 saturated heterocycles. The molecule has 0 radical (unpaired) electrons. The molecule has 1 atom stereocenters. The van der Waals surface area contributed by atoms with Crippen LogP contribution in [0, 0.1) is 0 Å². The van der Waals surface area contributed by atoms with Gasteiger partial charge in [-0.2, -0.15) is 0 Å². The third kappa shape index (κ3) is 6.81. The Morgan fingerprint density at radius 2 is 1.63 bits per heavy atom. The number of hydrogen-bond acceptors (Lipinski definition) is 3. The van der Waals surface area contributed by atoms with Gasteiger partial charge in [-0.1, -0.05) is 66.0 Å². The molecule has 0 spiro atoms. The second-order valence-electron chi connectivity index (χ2n) is 6.62. The molecule has 1 N–H and O–H groups in total. The molecule has 2 rings (SSSR count). The van der Waals surface area contributed by atoms with Crippen LogP contribution in [0.5, 0.6) is 0 Å². The van der Waals surface area contributed by atoms with Crippen molar-refractivity contribution in [3.05, 3.63) is 68.7 Å². The summed E-state index contributed by atoms with van der Waals surface area (Å²) in [7, 11) is 0. The predicted octanol–water partition coefficient (Wildman–Crippen LogP) is 5.82. The van der Waals surface area contributed by atoms with Crippen LogP contribution in [-0.2, 0) is 21.9 Å². The highest BCUT2D eigenvalue weighted by molar-refractivity contribution is 7.99. The molecule has 2 aromatic rings. The number of nitrogens with one attached hydrogen (secondary N) is 1. The molecular weight excluding hydrogens is 463 g/mol. The number of hydrogen-bond donors (Lipinski definition) is 1. The fourth-order valence-corrected chi connectivity index (χ4v) is 4.86. The summed E-state index contributed by atoms with van der Waals surface area (Å²) in [6, 6.07) is 12.1. The number of rotatable bonds is 10. The first-order valence-electron chi connectivity index (χ1n) is 9.70. The van der Waals surface area contributed by atoms with Crippen LogP contribution < -0.4 is 5.32 Å². The van der Waals surface area contributed by atoms with Crippen molar-refractivity contribution in [3.63, 3.8) is 0 Å². The van der Waals surface area contributed by atoms with E-state index in [-0.39, 0.29) is 24.1 Å². The number of carbonyl (C=O) groups excluding carboxylic acids is 2. The summed E-state index contributed by atoms with van der Waals surface area (Å²) in [5.74, 6) is 0.394. The molecule has 0 unspecified atom stereocenters. The Balaban J connectivity index is 2.16. The Kier molecular flexibility index (Phi) is 10.3. The van der Waals surface area contributed by atoms with Crippen molar-refractivity contribution in [2.75, 3.05) is 12.3 Å². The van der Waals surface area contributed by atoms with Crippen LogP contribution in [0.2, 0.25) is 15.1 Å². The molecule has 0 fully saturated rings. The van der Waals surface area contributed by atoms with Crippen LogP contribution in [-0.4, -0.2) is 35.1 Å². The van der Waals surface area contributed by atoms with E-state index in [0.29, 0.717) is 33.8 Å². The van der Waals surface area contributed by atoms with Crippen LogP contribution in [0.4, 0.5) is 0 Å². The number of halogens is 3. The first-order chi connectivity index (χ1) is 14.4. The van der Waals surface area contributed by atoms with E-state index in [2.05, 4.69) is 5.32 Å². The van der Waals surface area contributed by atoms with E-state index in [4.69, 9.17) is 34.8 Å². The molecule has 8 heteroatoms. The molecule has 0 aliphatic rings. The number of benzene rings is 2. The van der Waals surface area contributed by atoms with E-state index in [9.17, 15) is 9.59 Å². The second kappa shape index (κ2) is 12.5. The van der Waals surface area contributed by atoms with Crippen LogP contribution in [0.15, 0.2) is 42.5 Å². The lowest BCUT2D eigenvalue weighted by Gasteiger charge is -2.30. The number of thioether (sulfide) groups is 1. The van der Waals surface area contributed by atoms with Gasteiger partial charge in [0.2, 0.25) is 11.8 Å². The maximum Gasteiger partial charge on any atom is 0.242 e. The maximum absolute atomic E-state index is 13.1. The number of nitrogens with zero attached hydrogens (tertiary/aromatic N) is 1. The Morgan fingerprint density at radius 1 is 1.00 bits per heavy atom. The van der Waals surface area contributed by atoms with Gasteiger partial charge in [-0.25, -0.2) is 0 Å². The quantitative estimate of drug-likeness (QED) is 0.459. The zero-order valence-electron chi connectivity index (χ0n) is 17.0. The lowest BCUT2D eigenvalue weighted by molar-refractivity contribution is -0.139. The van der Waals surface area contributed by atoms with Gasteiger partial charge in [-0.3, -0.25) is 9.59 Å². The largest absolute Gasteiger partial charge is 0.355 e. The van der Waals surface area contributed by atoms with Gasteiger partial charge in [-0.15, -0.1) is 11.8 Å². The summed E-state index contributed by atoms with van der Waals surface area (Å²) in [4.78, 5) is 27.3. The Morgan fingerprint density at radius 3 is 2.23 bits per heavy atom. The Bertz CT molecular complexity index is 859. The number of amides is 2. The van der Waals surface area contributed by atoms with Crippen molar-refractivity contribution >= 4 is 58.4 Å². The van der Waals surface area contributed by atoms with Crippen molar-refractivity contribution in [2.24, 2.45) is 0 Å². The van der Waals surface area contributed by atoms with E-state index < -0.39 is 6.04 Å². The van der Waals surface area contributed by atoms with E-state index in [1.54, 1.807) is 29.2 Å². The molecule has 0 saturated carbocycles. The fourth-order valence-electron chi connectivity index (χ4n) is 3.02. The highest BCUT2D eigenvalue weighted by Crippen LogP contribution is 2.28. The van der Waals surface area contributed by atoms with Gasteiger partial charge in [0, 0.05) is 33.9 Å². The monoisotopic (exact) mass is 486 g/mol. The molecule has 0 bridgehead atoms. The molecule has 30 heavy (non-hydrogen) atoms. The van der Waals surface area contributed by atoms with E-state index >= 15 is 0 Å². The molecular formula is C22H25Cl3N2O2S. The zero-order chi connectivity index (χ0) is 22.1. The predicted molar refractivity (Wildman–Crippen MR) is 127 cm³/mol. The van der Waals surface area contributed by atoms with Crippen molar-refractivity contribution in [1.82, 2.24) is 10.2 Å². The third-order valence-electron chi connectivity index (χ3n) is 4.57. The number of likely N-dealkylation sites (N-methyl/N-ethyl adjacent to an activating group) is 1. The first-order valence-corrected chi connectivity index (χ1v) is 12.0. The Hall–Kier alpha value is -1.40. The van der Waals surface area contributed by atoms with Crippen molar-refractivity contribution in [3.8, 4) is 0 Å². The highest BCUT2D eigenvalue weighted by atomic mass is 35.5. The molecule has 0 aliphatic carbocycles. The van der Waals surface area contributed by atoms with Crippen molar-refractivity contribution in [2.45, 2.75) is 38.6 Å². The van der Waals surface area contributed by atoms with Crippen molar-refractivity contribution < 1.29 is 9.59 Å². The topological polar surface area (TPSA) is 49.4 Å². The zero-order valence-corrected chi connectivity index (χ0v) is 20.0. The van der Waals surface area contributed by atoms with E-state index in [0.717, 1.165) is 11.1 Å². The minimum absolute atomic E-state index is 0.138. The average Bonchev–Trinajstić information content (AvgIpc) is 2.71. The average molecular weight is 488 g/mol. The van der Waals surface area contributed by atoms with Gasteiger partial charge in [0.15, 0.2) is 0 Å². The van der Waals surface area contributed by atoms with E-state index in [1.807, 2.05) is 32.0 Å². The van der Waals surface area contributed by atoms with Crippen LogP contribution in [0.1, 0.15) is 31.4 Å². The summed E-state index contributed by atoms with van der Waals surface area (Å²) in [5, 5.41) is 4.53. The van der Waals surface area contributed by atoms with Gasteiger partial charge in [0.1, 0.15) is 6.04 Å². The Labute approximate surface area is 197 Å². The normalized spacial score (nSPS) is 11.8. The van der Waals surface area contributed by atoms with E-state index in [1.165, 1.54) is 11.8 Å². The number of carbonyl (C=O) groups is 2. The molecule has 2 aromatic carbocycles. The van der Waals surface area contributed by atoms with Gasteiger partial charge in [0.05, 0.1) is 5.75 Å². The summed E-state index contributed by atoms with van der Waals surface area (Å²) in [5.41, 5.74) is 1.60. The minimum Gasteiger partial charge on any atom is -0.355 e. The molecule has 162 valence electrons. The third-order valence-corrected chi connectivity index (χ3v) is 6.59. The smallest absolute Gasteiger partial charge is 0.242 e. The van der Waals surface area contributed by atoms with Gasteiger partial charge in [-0.05, 0) is 42.7 Å². The molecule has 0 heterocycles. The van der Waals surface area contributed by atoms with Crippen LogP contribution in [0.3, 0.4) is 0 Å². The molecule has 4 nitrogen and oxygen atoms in total. The summed E-state index contributed by atoms with van der Waals surface area (Å²) >= 11 is 20.2. The minimum atomic E-state index is -0.571. The maximum atomic E-state index is 13.1. The first kappa shape index (κ1) is 24.9. The standard InChI is InChI=1S/C22H25Cl3N2O2S/c1-3-20(22(29)26-4-2)27(12-15-8-5-6-9-17(15)23)21(28)14-30-13-16-18(24)10-7-11-19(16)25/h5-11,20H,3-4,12-14H2,1-2H3,(H,26,29)/t20-/m1/s1. The summed E-state index contributed by atoms with van der Waals surface area (Å²) in [6.07, 6.45) is 0.503. The lowest BCUT2D eigenvalue weighted by atomic mass is 10.1. The summed E-state index contributed by atoms with van der Waals surface area (Å²) in [6.45, 7) is 4.52. The molecule has 2 amide bonds. The van der Waals surface area contributed by atoms with Gasteiger partial charge < -0.3 is 10.2 Å². The summed E-state index contributed by atoms with van der Waals surface area (Å²) < 4.78 is 0. The lowest BCUT2D eigenvalue weighted by Crippen LogP contribution is -2.49. The molecule has 0 aromatic heterocycles. The highest BCUT2D eigenvalue weighted by Gasteiger charge is 2.28. The van der Waals surface area contributed by atoms with Crippen LogP contribution >= 0.6 is 46.6 Å². The van der Waals surface area contributed by atoms with Crippen molar-refractivity contribution in [1.29, 1.82) is 0 Å².